The van der Waals surface area contributed by atoms with Crippen LogP contribution in [-0.4, -0.2) is 17.3 Å². The summed E-state index contributed by atoms with van der Waals surface area (Å²) in [5.41, 5.74) is 0.722. The molecule has 74 valence electrons. The van der Waals surface area contributed by atoms with Gasteiger partial charge in [-0.1, -0.05) is 11.3 Å². The van der Waals surface area contributed by atoms with E-state index in [-0.39, 0.29) is 12.4 Å². The number of hydrogen-bond acceptors (Lipinski definition) is 4. The van der Waals surface area contributed by atoms with E-state index in [1.54, 1.807) is 19.2 Å². The first kappa shape index (κ1) is 9.30. The second-order valence-electron chi connectivity index (χ2n) is 2.94. The molecule has 3 nitrogen and oxygen atoms in total. The topological polar surface area (TPSA) is 49.7 Å². The molecule has 2 aromatic rings. The minimum atomic E-state index is -0.0786. The maximum atomic E-state index is 9.38. The van der Waals surface area contributed by atoms with E-state index >= 15 is 0 Å². The molecule has 0 saturated heterocycles. The highest BCUT2D eigenvalue weighted by Crippen LogP contribution is 2.35. The first-order valence-electron chi connectivity index (χ1n) is 4.15. The van der Waals surface area contributed by atoms with Crippen molar-refractivity contribution in [2.75, 3.05) is 7.11 Å². The zero-order valence-electron chi connectivity index (χ0n) is 7.65. The number of benzene rings is 1. The summed E-state index contributed by atoms with van der Waals surface area (Å²) in [7, 11) is 1.60. The summed E-state index contributed by atoms with van der Waals surface area (Å²) < 4.78 is 6.02. The summed E-state index contributed by atoms with van der Waals surface area (Å²) in [5, 5.41) is 20.2. The molecular weight excluding hydrogens is 200 g/mol. The van der Waals surface area contributed by atoms with Gasteiger partial charge in [0.1, 0.15) is 5.75 Å². The fourth-order valence-corrected chi connectivity index (χ4v) is 2.36. The zero-order chi connectivity index (χ0) is 10.1. The van der Waals surface area contributed by atoms with E-state index in [2.05, 4.69) is 0 Å². The molecule has 0 aliphatic heterocycles. The van der Waals surface area contributed by atoms with Crippen molar-refractivity contribution in [2.45, 2.75) is 6.61 Å². The van der Waals surface area contributed by atoms with Gasteiger partial charge >= 0.3 is 0 Å². The van der Waals surface area contributed by atoms with Crippen molar-refractivity contribution in [2.24, 2.45) is 0 Å². The van der Waals surface area contributed by atoms with Gasteiger partial charge in [-0.2, -0.15) is 0 Å². The van der Waals surface area contributed by atoms with Crippen molar-refractivity contribution in [3.05, 3.63) is 23.8 Å². The molecule has 14 heavy (non-hydrogen) atoms. The highest BCUT2D eigenvalue weighted by atomic mass is 32.1. The molecule has 0 saturated carbocycles. The Kier molecular flexibility index (Phi) is 2.31. The normalized spacial score (nSPS) is 10.7. The van der Waals surface area contributed by atoms with Crippen LogP contribution in [0.4, 0.5) is 0 Å². The molecule has 2 rings (SSSR count). The van der Waals surface area contributed by atoms with Crippen LogP contribution in [0.5, 0.6) is 10.8 Å². The molecule has 0 aliphatic rings. The molecule has 1 aromatic heterocycles. The number of ether oxygens (including phenoxy) is 1. The second-order valence-corrected chi connectivity index (χ2v) is 3.99. The van der Waals surface area contributed by atoms with Crippen LogP contribution in [0.15, 0.2) is 18.2 Å². The summed E-state index contributed by atoms with van der Waals surface area (Å²) in [6.45, 7) is -0.0786. The molecule has 1 heterocycles. The Balaban J connectivity index is 2.71. The second kappa shape index (κ2) is 3.48. The third-order valence-corrected chi connectivity index (χ3v) is 3.10. The van der Waals surface area contributed by atoms with Gasteiger partial charge in [0.25, 0.3) is 0 Å². The van der Waals surface area contributed by atoms with Gasteiger partial charge in [-0.05, 0) is 23.8 Å². The van der Waals surface area contributed by atoms with Crippen LogP contribution in [0, 0.1) is 0 Å². The first-order chi connectivity index (χ1) is 6.74. The molecule has 0 bridgehead atoms. The number of fused-ring (bicyclic) bond motifs is 1. The molecule has 0 spiro atoms. The highest BCUT2D eigenvalue weighted by Gasteiger charge is 2.07. The van der Waals surface area contributed by atoms with Crippen LogP contribution in [0.1, 0.15) is 5.56 Å². The summed E-state index contributed by atoms with van der Waals surface area (Å²) in [6, 6.07) is 5.10. The molecular formula is C10H10O3S. The molecule has 4 heteroatoms. The van der Waals surface area contributed by atoms with Crippen molar-refractivity contribution in [1.29, 1.82) is 0 Å². The monoisotopic (exact) mass is 210 g/mol. The average molecular weight is 210 g/mol. The lowest BCUT2D eigenvalue weighted by Crippen LogP contribution is -1.82. The number of aliphatic hydroxyl groups excluding tert-OH is 1. The molecule has 0 aliphatic carbocycles. The van der Waals surface area contributed by atoms with Gasteiger partial charge in [0.05, 0.1) is 13.7 Å². The van der Waals surface area contributed by atoms with Crippen molar-refractivity contribution in [3.8, 4) is 10.8 Å². The van der Waals surface area contributed by atoms with Gasteiger partial charge < -0.3 is 14.9 Å². The highest BCUT2D eigenvalue weighted by molar-refractivity contribution is 7.20. The number of aliphatic hydroxyl groups is 1. The number of aromatic hydroxyl groups is 1. The Labute approximate surface area is 85.2 Å². The van der Waals surface area contributed by atoms with Gasteiger partial charge in [-0.25, -0.2) is 0 Å². The van der Waals surface area contributed by atoms with Crippen LogP contribution in [-0.2, 0) is 6.61 Å². The maximum Gasteiger partial charge on any atom is 0.174 e. The SMILES string of the molecule is COc1cc2c(CO)cc(O)cc2s1. The average Bonchev–Trinajstić information content (AvgIpc) is 2.59. The molecule has 0 amide bonds. The molecule has 0 fully saturated rings. The van der Waals surface area contributed by atoms with Crippen molar-refractivity contribution >= 4 is 21.4 Å². The number of methoxy groups -OCH3 is 1. The van der Waals surface area contributed by atoms with Crippen LogP contribution in [0.25, 0.3) is 10.1 Å². The summed E-state index contributed by atoms with van der Waals surface area (Å²) in [5.74, 6) is 0.172. The van der Waals surface area contributed by atoms with E-state index in [1.807, 2.05) is 6.07 Å². The number of hydrogen-bond donors (Lipinski definition) is 2. The van der Waals surface area contributed by atoms with E-state index in [0.717, 1.165) is 20.7 Å². The fraction of sp³-hybridized carbons (Fsp3) is 0.200. The van der Waals surface area contributed by atoms with E-state index < -0.39 is 0 Å². The van der Waals surface area contributed by atoms with Crippen LogP contribution < -0.4 is 4.74 Å². The molecule has 0 radical (unpaired) electrons. The third-order valence-electron chi connectivity index (χ3n) is 2.06. The quantitative estimate of drug-likeness (QED) is 0.798. The Morgan fingerprint density at radius 2 is 2.14 bits per heavy atom. The predicted octanol–water partition coefficient (Wildman–Crippen LogP) is 2.11. The molecule has 1 aromatic carbocycles. The lowest BCUT2D eigenvalue weighted by molar-refractivity contribution is 0.283. The van der Waals surface area contributed by atoms with Gasteiger partial charge in [0, 0.05) is 10.1 Å². The third kappa shape index (κ3) is 1.42. The van der Waals surface area contributed by atoms with Crippen LogP contribution >= 0.6 is 11.3 Å². The Bertz CT molecular complexity index is 462. The van der Waals surface area contributed by atoms with Crippen LogP contribution in [0.3, 0.4) is 0 Å². The van der Waals surface area contributed by atoms with Crippen molar-refractivity contribution in [3.63, 3.8) is 0 Å². The Morgan fingerprint density at radius 3 is 2.79 bits per heavy atom. The fourth-order valence-electron chi connectivity index (χ4n) is 1.40. The van der Waals surface area contributed by atoms with Gasteiger partial charge in [-0.15, -0.1) is 0 Å². The van der Waals surface area contributed by atoms with Gasteiger partial charge in [0.15, 0.2) is 5.06 Å². The summed E-state index contributed by atoms with van der Waals surface area (Å²) in [6.07, 6.45) is 0. The first-order valence-corrected chi connectivity index (χ1v) is 4.96. The zero-order valence-corrected chi connectivity index (χ0v) is 8.47. The number of thiophene rings is 1. The van der Waals surface area contributed by atoms with Gasteiger partial charge in [0.2, 0.25) is 0 Å². The number of rotatable bonds is 2. The minimum absolute atomic E-state index is 0.0786. The lowest BCUT2D eigenvalue weighted by Gasteiger charge is -1.99. The Hall–Kier alpha value is -1.26. The number of phenols is 1. The van der Waals surface area contributed by atoms with Crippen molar-refractivity contribution in [1.82, 2.24) is 0 Å². The standard InChI is InChI=1S/C10H10O3S/c1-13-10-4-8-6(5-11)2-7(12)3-9(8)14-10/h2-4,11-12H,5H2,1H3. The Morgan fingerprint density at radius 1 is 1.36 bits per heavy atom. The van der Waals surface area contributed by atoms with Crippen molar-refractivity contribution < 1.29 is 14.9 Å². The van der Waals surface area contributed by atoms with E-state index in [4.69, 9.17) is 9.84 Å². The van der Waals surface area contributed by atoms with E-state index in [9.17, 15) is 5.11 Å². The summed E-state index contributed by atoms with van der Waals surface area (Å²) >= 11 is 1.45. The summed E-state index contributed by atoms with van der Waals surface area (Å²) in [4.78, 5) is 0. The molecule has 0 atom stereocenters. The predicted molar refractivity (Wildman–Crippen MR) is 56.0 cm³/mol. The molecule has 0 unspecified atom stereocenters. The van der Waals surface area contributed by atoms with Gasteiger partial charge in [-0.3, -0.25) is 0 Å². The molecule has 2 N–H and O–H groups in total. The van der Waals surface area contributed by atoms with Crippen LogP contribution in [0.2, 0.25) is 0 Å². The lowest BCUT2D eigenvalue weighted by atomic mass is 10.1. The number of phenolic OH excluding ortho intramolecular Hbond substituents is 1. The smallest absolute Gasteiger partial charge is 0.174 e. The largest absolute Gasteiger partial charge is 0.508 e. The maximum absolute atomic E-state index is 9.38. The van der Waals surface area contributed by atoms with E-state index in [1.165, 1.54) is 11.3 Å². The van der Waals surface area contributed by atoms with E-state index in [0.29, 0.717) is 0 Å². The minimum Gasteiger partial charge on any atom is -0.508 e.